The summed E-state index contributed by atoms with van der Waals surface area (Å²) in [6, 6.07) is 1.58. The van der Waals surface area contributed by atoms with E-state index in [9.17, 15) is 8.42 Å². The summed E-state index contributed by atoms with van der Waals surface area (Å²) in [5.41, 5.74) is 0. The van der Waals surface area contributed by atoms with Gasteiger partial charge in [-0.15, -0.1) is 0 Å². The molecule has 1 aromatic rings. The number of nitrogens with zero attached hydrogens (tertiary/aromatic N) is 3. The van der Waals surface area contributed by atoms with Crippen LogP contribution in [0.4, 0.5) is 0 Å². The van der Waals surface area contributed by atoms with Gasteiger partial charge >= 0.3 is 0 Å². The summed E-state index contributed by atoms with van der Waals surface area (Å²) in [6.07, 6.45) is 2.41. The summed E-state index contributed by atoms with van der Waals surface area (Å²) in [7, 11) is -3.38. The topological polar surface area (TPSA) is 67.2 Å². The minimum atomic E-state index is -3.38. The van der Waals surface area contributed by atoms with Crippen molar-refractivity contribution in [2.24, 2.45) is 0 Å². The molecule has 0 bridgehead atoms. The second-order valence-electron chi connectivity index (χ2n) is 4.05. The summed E-state index contributed by atoms with van der Waals surface area (Å²) in [5.74, 6) is 0. The Hall–Kier alpha value is -0.920. The first-order chi connectivity index (χ1) is 8.16. The highest BCUT2D eigenvalue weighted by Gasteiger charge is 2.28. The van der Waals surface area contributed by atoms with E-state index >= 15 is 0 Å². The first kappa shape index (κ1) is 12.5. The zero-order valence-electron chi connectivity index (χ0n) is 9.96. The highest BCUT2D eigenvalue weighted by molar-refractivity contribution is 7.89. The number of hydrogen-bond donors (Lipinski definition) is 1. The van der Waals surface area contributed by atoms with Crippen LogP contribution in [0.15, 0.2) is 17.3 Å². The van der Waals surface area contributed by atoms with Gasteiger partial charge in [0.15, 0.2) is 5.03 Å². The van der Waals surface area contributed by atoms with E-state index in [0.717, 1.165) is 6.42 Å². The largest absolute Gasteiger partial charge is 0.314 e. The van der Waals surface area contributed by atoms with Gasteiger partial charge in [0.1, 0.15) is 0 Å². The van der Waals surface area contributed by atoms with E-state index in [0.29, 0.717) is 37.7 Å². The molecule has 96 valence electrons. The Morgan fingerprint density at radius 1 is 1.41 bits per heavy atom. The molecule has 0 spiro atoms. The summed E-state index contributed by atoms with van der Waals surface area (Å²) in [6.45, 7) is 5.11. The summed E-state index contributed by atoms with van der Waals surface area (Å²) in [5, 5.41) is 7.51. The number of rotatable bonds is 4. The lowest BCUT2D eigenvalue weighted by Gasteiger charge is -2.26. The maximum atomic E-state index is 12.4. The summed E-state index contributed by atoms with van der Waals surface area (Å²) in [4.78, 5) is 0. The molecule has 1 aliphatic rings. The van der Waals surface area contributed by atoms with Gasteiger partial charge in [-0.1, -0.05) is 6.92 Å². The zero-order chi connectivity index (χ0) is 12.3. The minimum absolute atomic E-state index is 0.307. The number of aryl methyl sites for hydroxylation is 1. The monoisotopic (exact) mass is 258 g/mol. The second kappa shape index (κ2) is 5.16. The van der Waals surface area contributed by atoms with Crippen molar-refractivity contribution in [2.45, 2.75) is 24.9 Å². The van der Waals surface area contributed by atoms with Crippen LogP contribution in [0, 0.1) is 0 Å². The fraction of sp³-hybridized carbons (Fsp3) is 0.700. The highest BCUT2D eigenvalue weighted by Crippen LogP contribution is 2.15. The molecule has 2 rings (SSSR count). The molecular weight excluding hydrogens is 240 g/mol. The summed E-state index contributed by atoms with van der Waals surface area (Å²) < 4.78 is 27.8. The van der Waals surface area contributed by atoms with E-state index < -0.39 is 10.0 Å². The molecular formula is C10H18N4O2S. The lowest BCUT2D eigenvalue weighted by molar-refractivity contribution is 0.355. The predicted octanol–water partition coefficient (Wildman–Crippen LogP) is -0.113. The van der Waals surface area contributed by atoms with Crippen molar-refractivity contribution in [1.82, 2.24) is 19.4 Å². The van der Waals surface area contributed by atoms with Crippen molar-refractivity contribution < 1.29 is 8.42 Å². The van der Waals surface area contributed by atoms with E-state index in [4.69, 9.17) is 0 Å². The Kier molecular flexibility index (Phi) is 3.80. The van der Waals surface area contributed by atoms with Crippen LogP contribution in [0.3, 0.4) is 0 Å². The fourth-order valence-electron chi connectivity index (χ4n) is 1.94. The second-order valence-corrected chi connectivity index (χ2v) is 5.93. The van der Waals surface area contributed by atoms with Gasteiger partial charge in [-0.2, -0.15) is 9.40 Å². The van der Waals surface area contributed by atoms with Gasteiger partial charge in [-0.25, -0.2) is 8.42 Å². The number of sulfonamides is 1. The van der Waals surface area contributed by atoms with Gasteiger partial charge < -0.3 is 5.32 Å². The lowest BCUT2D eigenvalue weighted by atomic mass is 10.4. The smallest absolute Gasteiger partial charge is 0.260 e. The molecule has 0 aromatic carbocycles. The van der Waals surface area contributed by atoms with Gasteiger partial charge in [0, 0.05) is 32.7 Å². The maximum Gasteiger partial charge on any atom is 0.260 e. The van der Waals surface area contributed by atoms with Crippen LogP contribution in [-0.4, -0.2) is 48.7 Å². The van der Waals surface area contributed by atoms with E-state index in [-0.39, 0.29) is 0 Å². The van der Waals surface area contributed by atoms with Gasteiger partial charge in [0.25, 0.3) is 10.0 Å². The number of nitrogens with one attached hydrogen (secondary N) is 1. The van der Waals surface area contributed by atoms with Crippen LogP contribution >= 0.6 is 0 Å². The van der Waals surface area contributed by atoms with Crippen LogP contribution in [0.2, 0.25) is 0 Å². The molecule has 6 nitrogen and oxygen atoms in total. The van der Waals surface area contributed by atoms with Gasteiger partial charge in [0.2, 0.25) is 0 Å². The van der Waals surface area contributed by atoms with E-state index in [1.165, 1.54) is 4.31 Å². The molecule has 17 heavy (non-hydrogen) atoms. The van der Waals surface area contributed by atoms with E-state index in [2.05, 4.69) is 10.4 Å². The quantitative estimate of drug-likeness (QED) is 0.818. The molecule has 7 heteroatoms. The molecule has 1 aliphatic heterocycles. The third kappa shape index (κ3) is 2.51. The van der Waals surface area contributed by atoms with Gasteiger partial charge in [-0.3, -0.25) is 4.68 Å². The van der Waals surface area contributed by atoms with Gasteiger partial charge in [-0.05, 0) is 12.5 Å². The molecule has 0 radical (unpaired) electrons. The third-order valence-electron chi connectivity index (χ3n) is 2.79. The molecule has 1 fully saturated rings. The minimum Gasteiger partial charge on any atom is -0.314 e. The van der Waals surface area contributed by atoms with Crippen molar-refractivity contribution in [2.75, 3.05) is 26.2 Å². The van der Waals surface area contributed by atoms with Crippen LogP contribution in [0.5, 0.6) is 0 Å². The predicted molar refractivity (Wildman–Crippen MR) is 64.1 cm³/mol. The van der Waals surface area contributed by atoms with Crippen LogP contribution < -0.4 is 5.32 Å². The first-order valence-corrected chi connectivity index (χ1v) is 7.33. The van der Waals surface area contributed by atoms with Crippen LogP contribution in [0.25, 0.3) is 0 Å². The standard InChI is InChI=1S/C10H18N4O2S/c1-2-7-14-10(3-4-12-14)17(15,16)13-8-5-11-6-9-13/h3-4,11H,2,5-9H2,1H3. The van der Waals surface area contributed by atoms with E-state index in [1.54, 1.807) is 16.9 Å². The first-order valence-electron chi connectivity index (χ1n) is 5.89. The van der Waals surface area contributed by atoms with Gasteiger partial charge in [0.05, 0.1) is 6.20 Å². The fourth-order valence-corrected chi connectivity index (χ4v) is 3.50. The maximum absolute atomic E-state index is 12.4. The van der Waals surface area contributed by atoms with Crippen LogP contribution in [0.1, 0.15) is 13.3 Å². The van der Waals surface area contributed by atoms with Crippen molar-refractivity contribution in [3.8, 4) is 0 Å². The van der Waals surface area contributed by atoms with Crippen molar-refractivity contribution in [3.05, 3.63) is 12.3 Å². The molecule has 1 N–H and O–H groups in total. The molecule has 0 amide bonds. The average Bonchev–Trinajstić information content (AvgIpc) is 2.80. The average molecular weight is 258 g/mol. The Morgan fingerprint density at radius 3 is 2.76 bits per heavy atom. The molecule has 0 aliphatic carbocycles. The Morgan fingerprint density at radius 2 is 2.12 bits per heavy atom. The summed E-state index contributed by atoms with van der Waals surface area (Å²) >= 11 is 0. The Bertz CT molecular complexity index is 462. The molecule has 2 heterocycles. The number of piperazine rings is 1. The number of hydrogen-bond acceptors (Lipinski definition) is 4. The number of aromatic nitrogens is 2. The normalized spacial score (nSPS) is 18.4. The van der Waals surface area contributed by atoms with E-state index in [1.807, 2.05) is 6.92 Å². The molecule has 1 aromatic heterocycles. The molecule has 0 saturated carbocycles. The third-order valence-corrected chi connectivity index (χ3v) is 4.71. The molecule has 0 unspecified atom stereocenters. The van der Waals surface area contributed by atoms with Crippen molar-refractivity contribution in [1.29, 1.82) is 0 Å². The van der Waals surface area contributed by atoms with Crippen molar-refractivity contribution >= 4 is 10.0 Å². The SMILES string of the molecule is CCCn1nccc1S(=O)(=O)N1CCNCC1. The molecule has 0 atom stereocenters. The lowest BCUT2D eigenvalue weighted by Crippen LogP contribution is -2.46. The van der Waals surface area contributed by atoms with Crippen molar-refractivity contribution in [3.63, 3.8) is 0 Å². The highest BCUT2D eigenvalue weighted by atomic mass is 32.2. The zero-order valence-corrected chi connectivity index (χ0v) is 10.8. The van der Waals surface area contributed by atoms with Crippen LogP contribution in [-0.2, 0) is 16.6 Å². The molecule has 1 saturated heterocycles. The Labute approximate surface area is 102 Å². The Balaban J connectivity index is 2.27.